The van der Waals surface area contributed by atoms with Crippen molar-refractivity contribution in [2.45, 2.75) is 25.5 Å². The third-order valence-corrected chi connectivity index (χ3v) is 6.52. The van der Waals surface area contributed by atoms with Crippen molar-refractivity contribution in [2.24, 2.45) is 0 Å². The highest BCUT2D eigenvalue weighted by atomic mass is 32.1. The summed E-state index contributed by atoms with van der Waals surface area (Å²) in [4.78, 5) is 30.5. The van der Waals surface area contributed by atoms with Gasteiger partial charge in [0.15, 0.2) is 11.5 Å². The molecule has 7 nitrogen and oxygen atoms in total. The molecular weight excluding hydrogens is 402 g/mol. The van der Waals surface area contributed by atoms with Crippen molar-refractivity contribution in [3.05, 3.63) is 46.7 Å². The van der Waals surface area contributed by atoms with Gasteiger partial charge in [0, 0.05) is 37.6 Å². The molecule has 2 aromatic rings. The number of carbonyl (C=O) groups is 2. The van der Waals surface area contributed by atoms with Crippen LogP contribution in [0.1, 0.15) is 11.8 Å². The first kappa shape index (κ1) is 20.7. The van der Waals surface area contributed by atoms with Crippen molar-refractivity contribution in [2.75, 3.05) is 39.3 Å². The van der Waals surface area contributed by atoms with E-state index in [4.69, 9.17) is 9.47 Å². The Balaban J connectivity index is 1.22. The number of thiophene rings is 1. The van der Waals surface area contributed by atoms with Gasteiger partial charge in [0.1, 0.15) is 6.61 Å². The van der Waals surface area contributed by atoms with Gasteiger partial charge in [-0.05, 0) is 36.9 Å². The van der Waals surface area contributed by atoms with Crippen LogP contribution in [0.4, 0.5) is 0 Å². The molecular formula is C22H27N3O4S. The second-order valence-corrected chi connectivity index (χ2v) is 8.55. The third kappa shape index (κ3) is 4.76. The Morgan fingerprint density at radius 1 is 1.13 bits per heavy atom. The minimum Gasteiger partial charge on any atom is -0.485 e. The molecule has 8 heteroatoms. The molecule has 3 heterocycles. The van der Waals surface area contributed by atoms with E-state index in [1.807, 2.05) is 42.6 Å². The average molecular weight is 430 g/mol. The molecule has 0 radical (unpaired) electrons. The Hall–Kier alpha value is -2.58. The zero-order valence-electron chi connectivity index (χ0n) is 17.1. The molecule has 2 aliphatic heterocycles. The van der Waals surface area contributed by atoms with E-state index >= 15 is 0 Å². The molecule has 2 amide bonds. The van der Waals surface area contributed by atoms with Crippen LogP contribution >= 0.6 is 11.3 Å². The molecule has 0 saturated carbocycles. The van der Waals surface area contributed by atoms with Gasteiger partial charge in [-0.15, -0.1) is 11.3 Å². The third-order valence-electron chi connectivity index (χ3n) is 5.59. The minimum atomic E-state index is -0.621. The van der Waals surface area contributed by atoms with Crippen LogP contribution in [-0.2, 0) is 16.0 Å². The van der Waals surface area contributed by atoms with E-state index in [0.29, 0.717) is 44.2 Å². The normalized spacial score (nSPS) is 19.9. The Morgan fingerprint density at radius 3 is 2.63 bits per heavy atom. The first-order valence-corrected chi connectivity index (χ1v) is 11.2. The van der Waals surface area contributed by atoms with Gasteiger partial charge in [0.25, 0.3) is 5.91 Å². The highest BCUT2D eigenvalue weighted by Gasteiger charge is 2.34. The van der Waals surface area contributed by atoms with E-state index in [1.54, 1.807) is 16.2 Å². The van der Waals surface area contributed by atoms with E-state index in [2.05, 4.69) is 16.3 Å². The number of para-hydroxylation sites is 2. The maximum Gasteiger partial charge on any atom is 0.267 e. The number of benzene rings is 1. The number of rotatable bonds is 6. The zero-order valence-corrected chi connectivity index (χ0v) is 17.9. The summed E-state index contributed by atoms with van der Waals surface area (Å²) < 4.78 is 11.5. The lowest BCUT2D eigenvalue weighted by Crippen LogP contribution is -2.57. The van der Waals surface area contributed by atoms with Crippen molar-refractivity contribution in [1.82, 2.24) is 15.1 Å². The summed E-state index contributed by atoms with van der Waals surface area (Å²) in [5.74, 6) is 1.25. The van der Waals surface area contributed by atoms with Gasteiger partial charge in [-0.3, -0.25) is 14.5 Å². The Kier molecular flexibility index (Phi) is 6.54. The van der Waals surface area contributed by atoms with Crippen LogP contribution in [0.3, 0.4) is 0 Å². The molecule has 1 aromatic carbocycles. The van der Waals surface area contributed by atoms with Gasteiger partial charge < -0.3 is 19.7 Å². The van der Waals surface area contributed by atoms with Crippen LogP contribution in [0, 0.1) is 0 Å². The van der Waals surface area contributed by atoms with Gasteiger partial charge in [-0.25, -0.2) is 0 Å². The minimum absolute atomic E-state index is 0.0342. The number of ether oxygens (including phenoxy) is 2. The van der Waals surface area contributed by atoms with Crippen LogP contribution in [-0.4, -0.2) is 73.1 Å². The van der Waals surface area contributed by atoms with Crippen molar-refractivity contribution < 1.29 is 19.1 Å². The molecule has 2 aliphatic rings. The number of amides is 2. The average Bonchev–Trinajstić information content (AvgIpc) is 3.31. The summed E-state index contributed by atoms with van der Waals surface area (Å²) in [6, 6.07) is 11.3. The number of hydrogen-bond donors (Lipinski definition) is 1. The topological polar surface area (TPSA) is 71.1 Å². The number of carbonyl (C=O) groups excluding carboxylic acids is 2. The van der Waals surface area contributed by atoms with Gasteiger partial charge in [0.05, 0.1) is 6.04 Å². The Morgan fingerprint density at radius 2 is 1.90 bits per heavy atom. The molecule has 30 heavy (non-hydrogen) atoms. The monoisotopic (exact) mass is 429 g/mol. The maximum atomic E-state index is 12.9. The highest BCUT2D eigenvalue weighted by Crippen LogP contribution is 2.31. The first-order chi connectivity index (χ1) is 14.6. The molecule has 1 saturated heterocycles. The van der Waals surface area contributed by atoms with Crippen LogP contribution in [0.2, 0.25) is 0 Å². The molecule has 0 unspecified atom stereocenters. The number of fused-ring (bicyclic) bond motifs is 1. The number of nitrogens with zero attached hydrogens (tertiary/aromatic N) is 2. The Bertz CT molecular complexity index is 865. The number of piperazine rings is 1. The van der Waals surface area contributed by atoms with Gasteiger partial charge in [-0.1, -0.05) is 18.2 Å². The van der Waals surface area contributed by atoms with Crippen molar-refractivity contribution in [3.8, 4) is 11.5 Å². The van der Waals surface area contributed by atoms with Gasteiger partial charge in [0.2, 0.25) is 12.0 Å². The van der Waals surface area contributed by atoms with E-state index in [-0.39, 0.29) is 24.5 Å². The largest absolute Gasteiger partial charge is 0.485 e. The fourth-order valence-electron chi connectivity index (χ4n) is 3.75. The zero-order chi connectivity index (χ0) is 20.9. The smallest absolute Gasteiger partial charge is 0.267 e. The molecule has 1 aromatic heterocycles. The molecule has 1 fully saturated rings. The lowest BCUT2D eigenvalue weighted by molar-refractivity contribution is -0.143. The van der Waals surface area contributed by atoms with Crippen molar-refractivity contribution in [1.29, 1.82) is 0 Å². The molecule has 0 spiro atoms. The van der Waals surface area contributed by atoms with Crippen LogP contribution in [0.25, 0.3) is 0 Å². The molecule has 0 aliphatic carbocycles. The molecule has 2 atom stereocenters. The van der Waals surface area contributed by atoms with Crippen LogP contribution < -0.4 is 14.8 Å². The standard InChI is InChI=1S/C22H27N3O4S/c1-16(21(26)23-9-8-17-5-4-14-30-17)24-10-12-25(13-11-24)22(27)20-15-28-18-6-2-3-7-19(18)29-20/h2-7,14,16,20H,8-13,15H2,1H3,(H,23,26)/t16-,20+/m1/s1. The van der Waals surface area contributed by atoms with Crippen molar-refractivity contribution >= 4 is 23.2 Å². The second-order valence-electron chi connectivity index (χ2n) is 7.52. The summed E-state index contributed by atoms with van der Waals surface area (Å²) >= 11 is 1.70. The predicted octanol–water partition coefficient (Wildman–Crippen LogP) is 1.78. The second kappa shape index (κ2) is 9.49. The molecule has 4 rings (SSSR count). The molecule has 1 N–H and O–H groups in total. The van der Waals surface area contributed by atoms with Gasteiger partial charge in [-0.2, -0.15) is 0 Å². The number of hydrogen-bond acceptors (Lipinski definition) is 6. The van der Waals surface area contributed by atoms with E-state index in [9.17, 15) is 9.59 Å². The fourth-order valence-corrected chi connectivity index (χ4v) is 4.46. The number of nitrogens with one attached hydrogen (secondary N) is 1. The summed E-state index contributed by atoms with van der Waals surface area (Å²) in [5.41, 5.74) is 0. The SMILES string of the molecule is C[C@H](C(=O)NCCc1cccs1)N1CCN(C(=O)[C@@H]2COc3ccccc3O2)CC1. The molecule has 160 valence electrons. The van der Waals surface area contributed by atoms with E-state index in [0.717, 1.165) is 6.42 Å². The highest BCUT2D eigenvalue weighted by molar-refractivity contribution is 7.09. The first-order valence-electron chi connectivity index (χ1n) is 10.3. The lowest BCUT2D eigenvalue weighted by Gasteiger charge is -2.39. The van der Waals surface area contributed by atoms with Gasteiger partial charge >= 0.3 is 0 Å². The van der Waals surface area contributed by atoms with Crippen molar-refractivity contribution in [3.63, 3.8) is 0 Å². The lowest BCUT2D eigenvalue weighted by atomic mass is 10.2. The Labute approximate surface area is 180 Å². The summed E-state index contributed by atoms with van der Waals surface area (Å²) in [5, 5.41) is 5.07. The van der Waals surface area contributed by atoms with E-state index < -0.39 is 6.10 Å². The maximum absolute atomic E-state index is 12.9. The quantitative estimate of drug-likeness (QED) is 0.758. The summed E-state index contributed by atoms with van der Waals surface area (Å²) in [6.07, 6.45) is 0.231. The molecule has 0 bridgehead atoms. The predicted molar refractivity (Wildman–Crippen MR) is 115 cm³/mol. The van der Waals surface area contributed by atoms with Crippen LogP contribution in [0.15, 0.2) is 41.8 Å². The summed E-state index contributed by atoms with van der Waals surface area (Å²) in [6.45, 7) is 5.26. The van der Waals surface area contributed by atoms with Crippen LogP contribution in [0.5, 0.6) is 11.5 Å². The fraction of sp³-hybridized carbons (Fsp3) is 0.455. The summed E-state index contributed by atoms with van der Waals surface area (Å²) in [7, 11) is 0. The van der Waals surface area contributed by atoms with E-state index in [1.165, 1.54) is 4.88 Å².